The lowest BCUT2D eigenvalue weighted by Crippen LogP contribution is -2.37. The number of nitrogens with one attached hydrogen (secondary N) is 3. The molecule has 202 valence electrons. The summed E-state index contributed by atoms with van der Waals surface area (Å²) in [7, 11) is 0. The first kappa shape index (κ1) is 26.6. The molecule has 0 bridgehead atoms. The van der Waals surface area contributed by atoms with E-state index in [0.29, 0.717) is 41.5 Å². The largest absolute Gasteiger partial charge is 0.504 e. The van der Waals surface area contributed by atoms with Crippen molar-refractivity contribution in [3.8, 4) is 22.8 Å². The molecule has 4 N–H and O–H groups in total. The number of phenolic OH excluding ortho intramolecular Hbond substituents is 1. The number of benzene rings is 1. The number of imide groups is 1. The summed E-state index contributed by atoms with van der Waals surface area (Å²) >= 11 is 0.870. The predicted octanol–water partition coefficient (Wildman–Crippen LogP) is 4.48. The molecule has 0 atom stereocenters. The minimum Gasteiger partial charge on any atom is -0.504 e. The molecule has 1 saturated carbocycles. The molecule has 3 heterocycles. The number of aromatic hydroxyl groups is 1. The van der Waals surface area contributed by atoms with Crippen molar-refractivity contribution in [3.05, 3.63) is 65.0 Å². The summed E-state index contributed by atoms with van der Waals surface area (Å²) in [6.45, 7) is 3.03. The van der Waals surface area contributed by atoms with Gasteiger partial charge in [-0.3, -0.25) is 19.9 Å². The lowest BCUT2D eigenvalue weighted by atomic mass is 9.91. The molecule has 10 nitrogen and oxygen atoms in total. The Hall–Kier alpha value is -3.96. The molecule has 2 aromatic heterocycles. The third kappa shape index (κ3) is 6.92. The molecule has 11 heteroatoms. The number of carbonyl (C=O) groups is 2. The van der Waals surface area contributed by atoms with Crippen LogP contribution >= 0.6 is 11.8 Å². The molecule has 2 aliphatic rings. The van der Waals surface area contributed by atoms with Gasteiger partial charge in [0, 0.05) is 30.4 Å². The number of hydrogen-bond acceptors (Lipinski definition) is 10. The van der Waals surface area contributed by atoms with Gasteiger partial charge in [0.05, 0.1) is 28.6 Å². The van der Waals surface area contributed by atoms with Gasteiger partial charge in [-0.2, -0.15) is 0 Å². The van der Waals surface area contributed by atoms with Crippen molar-refractivity contribution in [2.75, 3.05) is 11.9 Å². The van der Waals surface area contributed by atoms with E-state index in [1.54, 1.807) is 30.5 Å². The number of aromatic nitrogens is 3. The highest BCUT2D eigenvalue weighted by Gasteiger charge is 2.25. The Morgan fingerprint density at radius 1 is 1.10 bits per heavy atom. The molecular formula is C28H30N6O4S. The second-order valence-electron chi connectivity index (χ2n) is 9.36. The number of hydrogen-bond donors (Lipinski definition) is 4. The number of phenols is 1. The van der Waals surface area contributed by atoms with Crippen molar-refractivity contribution in [1.29, 1.82) is 0 Å². The summed E-state index contributed by atoms with van der Waals surface area (Å²) in [6, 6.07) is 13.6. The second-order valence-corrected chi connectivity index (χ2v) is 10.4. The SMILES string of the molecule is CCOc1ccc(-c2cccc(CNC3CCC(Nc4nccc(/C=C5\SC(=O)NC5=O)n4)CC3)n2)cc1O. The van der Waals surface area contributed by atoms with Gasteiger partial charge in [0.2, 0.25) is 5.95 Å². The van der Waals surface area contributed by atoms with Crippen LogP contribution in [0, 0.1) is 0 Å². The van der Waals surface area contributed by atoms with E-state index in [1.807, 2.05) is 31.2 Å². The van der Waals surface area contributed by atoms with Gasteiger partial charge in [0.15, 0.2) is 11.5 Å². The molecule has 1 aliphatic heterocycles. The van der Waals surface area contributed by atoms with E-state index in [-0.39, 0.29) is 17.0 Å². The van der Waals surface area contributed by atoms with Crippen molar-refractivity contribution in [2.45, 2.75) is 51.2 Å². The molecule has 1 aromatic carbocycles. The molecule has 2 amide bonds. The van der Waals surface area contributed by atoms with E-state index in [2.05, 4.69) is 25.9 Å². The highest BCUT2D eigenvalue weighted by molar-refractivity contribution is 8.18. The summed E-state index contributed by atoms with van der Waals surface area (Å²) < 4.78 is 5.42. The quantitative estimate of drug-likeness (QED) is 0.284. The second kappa shape index (κ2) is 12.3. The maximum Gasteiger partial charge on any atom is 0.290 e. The van der Waals surface area contributed by atoms with Crippen molar-refractivity contribution < 1.29 is 19.4 Å². The Labute approximate surface area is 230 Å². The van der Waals surface area contributed by atoms with Gasteiger partial charge in [-0.15, -0.1) is 0 Å². The van der Waals surface area contributed by atoms with Crippen LogP contribution in [-0.2, 0) is 11.3 Å². The Kier molecular flexibility index (Phi) is 8.38. The van der Waals surface area contributed by atoms with E-state index in [0.717, 1.165) is 54.4 Å². The van der Waals surface area contributed by atoms with Gasteiger partial charge in [0.25, 0.3) is 11.1 Å². The summed E-state index contributed by atoms with van der Waals surface area (Å²) in [5.74, 6) is 0.685. The van der Waals surface area contributed by atoms with Crippen LogP contribution in [0.15, 0.2) is 53.6 Å². The van der Waals surface area contributed by atoms with Crippen molar-refractivity contribution in [3.63, 3.8) is 0 Å². The normalized spacial score (nSPS) is 20.2. The molecule has 0 spiro atoms. The van der Waals surface area contributed by atoms with Gasteiger partial charge in [-0.05, 0) is 86.8 Å². The van der Waals surface area contributed by atoms with Crippen molar-refractivity contribution in [1.82, 2.24) is 25.6 Å². The third-order valence-corrected chi connectivity index (χ3v) is 7.40. The standard InChI is InChI=1S/C28H30N6O4S/c1-2-38-24-11-6-17(14-23(24)35)22-5-3-4-21(31-22)16-30-18-7-9-19(10-8-18)32-27-29-13-12-20(33-27)15-25-26(36)34-28(37)39-25/h3-6,11-15,18-19,30,35H,2,7-10,16H2,1H3,(H,29,32,33)(H,34,36,37)/b25-15-. The summed E-state index contributed by atoms with van der Waals surface area (Å²) in [4.78, 5) is 37.1. The zero-order valence-corrected chi connectivity index (χ0v) is 22.3. The fourth-order valence-corrected chi connectivity index (χ4v) is 5.31. The van der Waals surface area contributed by atoms with Gasteiger partial charge >= 0.3 is 0 Å². The van der Waals surface area contributed by atoms with Gasteiger partial charge < -0.3 is 20.5 Å². The van der Waals surface area contributed by atoms with Crippen LogP contribution in [0.25, 0.3) is 17.3 Å². The van der Waals surface area contributed by atoms with E-state index >= 15 is 0 Å². The highest BCUT2D eigenvalue weighted by Crippen LogP contribution is 2.31. The maximum absolute atomic E-state index is 11.8. The fraction of sp³-hybridized carbons (Fsp3) is 0.321. The number of nitrogens with zero attached hydrogens (tertiary/aromatic N) is 3. The molecule has 0 unspecified atom stereocenters. The Morgan fingerprint density at radius 2 is 1.92 bits per heavy atom. The lowest BCUT2D eigenvalue weighted by molar-refractivity contribution is -0.115. The molecule has 5 rings (SSSR count). The first-order valence-electron chi connectivity index (χ1n) is 13.0. The van der Waals surface area contributed by atoms with Crippen LogP contribution in [0.2, 0.25) is 0 Å². The minimum absolute atomic E-state index is 0.107. The number of carbonyl (C=O) groups excluding carboxylic acids is 2. The smallest absolute Gasteiger partial charge is 0.290 e. The Morgan fingerprint density at radius 3 is 2.67 bits per heavy atom. The van der Waals surface area contributed by atoms with Crippen LogP contribution in [-0.4, -0.2) is 49.9 Å². The average molecular weight is 547 g/mol. The molecule has 39 heavy (non-hydrogen) atoms. The molecule has 0 radical (unpaired) electrons. The van der Waals surface area contributed by atoms with Crippen molar-refractivity contribution in [2.24, 2.45) is 0 Å². The first-order valence-corrected chi connectivity index (χ1v) is 13.8. The molecule has 3 aromatic rings. The lowest BCUT2D eigenvalue weighted by Gasteiger charge is -2.29. The van der Waals surface area contributed by atoms with Crippen LogP contribution in [0.3, 0.4) is 0 Å². The zero-order valence-electron chi connectivity index (χ0n) is 21.5. The number of ether oxygens (including phenoxy) is 1. The first-order chi connectivity index (χ1) is 19.0. The Balaban J connectivity index is 1.11. The molecule has 2 fully saturated rings. The van der Waals surface area contributed by atoms with Crippen LogP contribution in [0.4, 0.5) is 10.7 Å². The summed E-state index contributed by atoms with van der Waals surface area (Å²) in [6.07, 6.45) is 7.19. The monoisotopic (exact) mass is 546 g/mol. The topological polar surface area (TPSA) is 138 Å². The minimum atomic E-state index is -0.402. The summed E-state index contributed by atoms with van der Waals surface area (Å²) in [5.41, 5.74) is 3.16. The van der Waals surface area contributed by atoms with E-state index in [9.17, 15) is 14.7 Å². The summed E-state index contributed by atoms with van der Waals surface area (Å²) in [5, 5.41) is 19.1. The number of pyridine rings is 1. The van der Waals surface area contributed by atoms with Gasteiger partial charge in [0.1, 0.15) is 0 Å². The molecule has 1 saturated heterocycles. The fourth-order valence-electron chi connectivity index (χ4n) is 4.64. The number of amides is 2. The highest BCUT2D eigenvalue weighted by atomic mass is 32.2. The average Bonchev–Trinajstić information content (AvgIpc) is 3.26. The van der Waals surface area contributed by atoms with E-state index in [1.165, 1.54) is 0 Å². The van der Waals surface area contributed by atoms with Gasteiger partial charge in [-0.1, -0.05) is 6.07 Å². The van der Waals surface area contributed by atoms with Crippen LogP contribution in [0.1, 0.15) is 44.0 Å². The molecular weight excluding hydrogens is 516 g/mol. The van der Waals surface area contributed by atoms with Crippen molar-refractivity contribution >= 4 is 34.9 Å². The number of anilines is 1. The van der Waals surface area contributed by atoms with Gasteiger partial charge in [-0.25, -0.2) is 9.97 Å². The third-order valence-electron chi connectivity index (χ3n) is 6.59. The zero-order chi connectivity index (χ0) is 27.2. The van der Waals surface area contributed by atoms with Crippen LogP contribution < -0.4 is 20.7 Å². The van der Waals surface area contributed by atoms with E-state index < -0.39 is 5.91 Å². The maximum atomic E-state index is 11.8. The molecule has 1 aliphatic carbocycles. The number of thioether (sulfide) groups is 1. The predicted molar refractivity (Wildman–Crippen MR) is 150 cm³/mol. The Bertz CT molecular complexity index is 1390. The van der Waals surface area contributed by atoms with Crippen LogP contribution in [0.5, 0.6) is 11.5 Å². The van der Waals surface area contributed by atoms with E-state index in [4.69, 9.17) is 9.72 Å². The number of rotatable bonds is 9.